The van der Waals surface area contributed by atoms with E-state index in [2.05, 4.69) is 15.3 Å². The fourth-order valence-electron chi connectivity index (χ4n) is 2.34. The lowest BCUT2D eigenvalue weighted by atomic mass is 10.2. The van der Waals surface area contributed by atoms with Gasteiger partial charge in [-0.1, -0.05) is 6.07 Å². The van der Waals surface area contributed by atoms with Crippen molar-refractivity contribution in [3.63, 3.8) is 0 Å². The topological polar surface area (TPSA) is 79.8 Å². The first-order valence-electron chi connectivity index (χ1n) is 7.09. The number of fused-ring (bicyclic) bond motifs is 1. The normalized spacial score (nSPS) is 10.9. The molecule has 0 aliphatic carbocycles. The summed E-state index contributed by atoms with van der Waals surface area (Å²) in [4.78, 5) is 30.5. The van der Waals surface area contributed by atoms with Crippen LogP contribution in [-0.2, 0) is 17.9 Å². The molecule has 0 aromatic carbocycles. The highest BCUT2D eigenvalue weighted by Gasteiger charge is 2.08. The number of rotatable bonds is 4. The standard InChI is InChI=1S/C16H15FN4O2/c1-10-3-2-4-15(23)21(10)9-14(22)18-6-11-5-12-13(17)8-20-16(12)19-7-11/h2-5,7-8H,6,9H2,1H3,(H,18,22)(H,19,20). The van der Waals surface area contributed by atoms with Gasteiger partial charge in [0.05, 0.1) is 5.39 Å². The van der Waals surface area contributed by atoms with Gasteiger partial charge in [-0.3, -0.25) is 9.59 Å². The average Bonchev–Trinajstić information content (AvgIpc) is 2.90. The van der Waals surface area contributed by atoms with Crippen molar-refractivity contribution in [2.45, 2.75) is 20.0 Å². The second kappa shape index (κ2) is 6.04. The number of aromatic amines is 1. The van der Waals surface area contributed by atoms with E-state index in [0.717, 1.165) is 0 Å². The number of carbonyl (C=O) groups excluding carboxylic acids is 1. The van der Waals surface area contributed by atoms with Crippen molar-refractivity contribution in [3.8, 4) is 0 Å². The molecule has 2 N–H and O–H groups in total. The minimum absolute atomic E-state index is 0.0559. The number of nitrogens with one attached hydrogen (secondary N) is 2. The minimum Gasteiger partial charge on any atom is -0.350 e. The molecule has 0 bridgehead atoms. The van der Waals surface area contributed by atoms with Crippen LogP contribution in [0.2, 0.25) is 0 Å². The van der Waals surface area contributed by atoms with Gasteiger partial charge in [-0.2, -0.15) is 0 Å². The molecule has 1 amide bonds. The van der Waals surface area contributed by atoms with Crippen LogP contribution in [0, 0.1) is 12.7 Å². The minimum atomic E-state index is -0.382. The number of H-pyrrole nitrogens is 1. The Kier molecular flexibility index (Phi) is 3.92. The van der Waals surface area contributed by atoms with E-state index in [0.29, 0.717) is 22.3 Å². The van der Waals surface area contributed by atoms with Gasteiger partial charge in [0.1, 0.15) is 18.0 Å². The predicted octanol–water partition coefficient (Wildman–Crippen LogP) is 1.49. The van der Waals surface area contributed by atoms with Gasteiger partial charge < -0.3 is 14.9 Å². The molecule has 0 unspecified atom stereocenters. The number of halogens is 1. The summed E-state index contributed by atoms with van der Waals surface area (Å²) in [6, 6.07) is 6.46. The zero-order chi connectivity index (χ0) is 16.4. The van der Waals surface area contributed by atoms with Crippen LogP contribution in [0.15, 0.2) is 41.5 Å². The molecule has 0 aliphatic heterocycles. The van der Waals surface area contributed by atoms with E-state index in [4.69, 9.17) is 0 Å². The van der Waals surface area contributed by atoms with Crippen molar-refractivity contribution in [1.82, 2.24) is 19.9 Å². The van der Waals surface area contributed by atoms with Crippen LogP contribution in [0.1, 0.15) is 11.3 Å². The van der Waals surface area contributed by atoms with E-state index in [1.165, 1.54) is 16.8 Å². The van der Waals surface area contributed by atoms with E-state index in [9.17, 15) is 14.0 Å². The van der Waals surface area contributed by atoms with Crippen molar-refractivity contribution in [3.05, 3.63) is 64.1 Å². The Morgan fingerprint density at radius 3 is 3.04 bits per heavy atom. The molecule has 0 saturated carbocycles. The van der Waals surface area contributed by atoms with Crippen LogP contribution < -0.4 is 10.9 Å². The van der Waals surface area contributed by atoms with Gasteiger partial charge in [0, 0.05) is 30.7 Å². The van der Waals surface area contributed by atoms with E-state index in [-0.39, 0.29) is 30.4 Å². The molecule has 6 nitrogen and oxygen atoms in total. The number of amides is 1. The van der Waals surface area contributed by atoms with Gasteiger partial charge in [-0.15, -0.1) is 0 Å². The van der Waals surface area contributed by atoms with Crippen LogP contribution in [0.5, 0.6) is 0 Å². The molecule has 0 radical (unpaired) electrons. The highest BCUT2D eigenvalue weighted by atomic mass is 19.1. The first-order chi connectivity index (χ1) is 11.0. The zero-order valence-electron chi connectivity index (χ0n) is 12.5. The molecule has 0 aliphatic rings. The fraction of sp³-hybridized carbons (Fsp3) is 0.188. The maximum atomic E-state index is 13.5. The molecule has 0 spiro atoms. The maximum absolute atomic E-state index is 13.5. The zero-order valence-corrected chi connectivity index (χ0v) is 12.5. The third-order valence-electron chi connectivity index (χ3n) is 3.60. The Labute approximate surface area is 131 Å². The van der Waals surface area contributed by atoms with Crippen LogP contribution in [-0.4, -0.2) is 20.4 Å². The predicted molar refractivity (Wildman–Crippen MR) is 83.3 cm³/mol. The number of aryl methyl sites for hydroxylation is 1. The molecule has 3 aromatic rings. The molecular weight excluding hydrogens is 299 g/mol. The lowest BCUT2D eigenvalue weighted by Crippen LogP contribution is -2.32. The fourth-order valence-corrected chi connectivity index (χ4v) is 2.34. The van der Waals surface area contributed by atoms with Crippen molar-refractivity contribution in [2.75, 3.05) is 0 Å². The summed E-state index contributed by atoms with van der Waals surface area (Å²) in [7, 11) is 0. The number of aromatic nitrogens is 3. The summed E-state index contributed by atoms with van der Waals surface area (Å²) in [6.45, 7) is 1.92. The second-order valence-electron chi connectivity index (χ2n) is 5.24. The van der Waals surface area contributed by atoms with Gasteiger partial charge in [-0.25, -0.2) is 9.37 Å². The van der Waals surface area contributed by atoms with E-state index >= 15 is 0 Å². The van der Waals surface area contributed by atoms with Gasteiger partial charge >= 0.3 is 0 Å². The van der Waals surface area contributed by atoms with Gasteiger partial charge in [0.25, 0.3) is 5.56 Å². The van der Waals surface area contributed by atoms with Gasteiger partial charge in [0.2, 0.25) is 5.91 Å². The van der Waals surface area contributed by atoms with Crippen molar-refractivity contribution >= 4 is 16.9 Å². The smallest absolute Gasteiger partial charge is 0.251 e. The monoisotopic (exact) mass is 314 g/mol. The Balaban J connectivity index is 1.68. The van der Waals surface area contributed by atoms with Gasteiger partial charge in [0.15, 0.2) is 0 Å². The van der Waals surface area contributed by atoms with Crippen molar-refractivity contribution < 1.29 is 9.18 Å². The summed E-state index contributed by atoms with van der Waals surface area (Å²) >= 11 is 0. The third kappa shape index (κ3) is 3.13. The molecule has 3 aromatic heterocycles. The molecule has 0 saturated heterocycles. The first kappa shape index (κ1) is 15.0. The Morgan fingerprint density at radius 1 is 1.43 bits per heavy atom. The average molecular weight is 314 g/mol. The third-order valence-corrected chi connectivity index (χ3v) is 3.60. The first-order valence-corrected chi connectivity index (χ1v) is 7.09. The lowest BCUT2D eigenvalue weighted by molar-refractivity contribution is -0.121. The highest BCUT2D eigenvalue weighted by molar-refractivity contribution is 5.78. The van der Waals surface area contributed by atoms with Crippen LogP contribution in [0.25, 0.3) is 11.0 Å². The number of pyridine rings is 2. The number of nitrogens with zero attached hydrogens (tertiary/aromatic N) is 2. The Morgan fingerprint density at radius 2 is 2.26 bits per heavy atom. The molecule has 23 heavy (non-hydrogen) atoms. The highest BCUT2D eigenvalue weighted by Crippen LogP contribution is 2.15. The number of hydrogen-bond acceptors (Lipinski definition) is 3. The summed E-state index contributed by atoms with van der Waals surface area (Å²) < 4.78 is 14.9. The molecule has 0 atom stereocenters. The molecule has 3 rings (SSSR count). The largest absolute Gasteiger partial charge is 0.350 e. The number of hydrogen-bond donors (Lipinski definition) is 2. The lowest BCUT2D eigenvalue weighted by Gasteiger charge is -2.10. The van der Waals surface area contributed by atoms with Crippen LogP contribution in [0.4, 0.5) is 4.39 Å². The maximum Gasteiger partial charge on any atom is 0.251 e. The quantitative estimate of drug-likeness (QED) is 0.765. The van der Waals surface area contributed by atoms with Crippen LogP contribution >= 0.6 is 0 Å². The van der Waals surface area contributed by atoms with Crippen molar-refractivity contribution in [1.29, 1.82) is 0 Å². The summed E-state index contributed by atoms with van der Waals surface area (Å²) in [5.74, 6) is -0.678. The molecular formula is C16H15FN4O2. The number of carbonyl (C=O) groups is 1. The summed E-state index contributed by atoms with van der Waals surface area (Å²) in [6.07, 6.45) is 2.81. The van der Waals surface area contributed by atoms with Gasteiger partial charge in [-0.05, 0) is 24.6 Å². The Bertz CT molecular complexity index is 929. The second-order valence-corrected chi connectivity index (χ2v) is 5.24. The summed E-state index contributed by atoms with van der Waals surface area (Å²) in [5.41, 5.74) is 1.63. The molecule has 7 heteroatoms. The van der Waals surface area contributed by atoms with Crippen LogP contribution in [0.3, 0.4) is 0 Å². The SMILES string of the molecule is Cc1cccc(=O)n1CC(=O)NCc1cnc2[nH]cc(F)c2c1. The molecule has 118 valence electrons. The molecule has 3 heterocycles. The van der Waals surface area contributed by atoms with Crippen molar-refractivity contribution in [2.24, 2.45) is 0 Å². The van der Waals surface area contributed by atoms with E-state index in [1.807, 2.05) is 0 Å². The van der Waals surface area contributed by atoms with E-state index < -0.39 is 0 Å². The summed E-state index contributed by atoms with van der Waals surface area (Å²) in [5, 5.41) is 3.09. The van der Waals surface area contributed by atoms with E-state index in [1.54, 1.807) is 31.3 Å². The Hall–Kier alpha value is -2.96. The molecule has 0 fully saturated rings.